The third-order valence-electron chi connectivity index (χ3n) is 5.69. The summed E-state index contributed by atoms with van der Waals surface area (Å²) in [5.41, 5.74) is 0. The summed E-state index contributed by atoms with van der Waals surface area (Å²) in [6.07, 6.45) is 12.1. The van der Waals surface area contributed by atoms with E-state index >= 15 is 0 Å². The van der Waals surface area contributed by atoms with Gasteiger partial charge in [0.2, 0.25) is 0 Å². The Morgan fingerprint density at radius 2 is 1.88 bits per heavy atom. The van der Waals surface area contributed by atoms with Gasteiger partial charge in [-0.15, -0.1) is 0 Å². The largest absolute Gasteiger partial charge is 0.314 e. The van der Waals surface area contributed by atoms with E-state index in [2.05, 4.69) is 12.2 Å². The van der Waals surface area contributed by atoms with Crippen LogP contribution in [0.5, 0.6) is 0 Å². The monoisotopic (exact) mass is 221 g/mol. The minimum absolute atomic E-state index is 0.779. The van der Waals surface area contributed by atoms with Gasteiger partial charge in [-0.1, -0.05) is 19.3 Å². The molecule has 1 heteroatoms. The molecule has 0 aromatic rings. The van der Waals surface area contributed by atoms with Crippen molar-refractivity contribution in [3.8, 4) is 0 Å². The Labute approximate surface area is 100 Å². The summed E-state index contributed by atoms with van der Waals surface area (Å²) in [4.78, 5) is 0. The van der Waals surface area contributed by atoms with Crippen LogP contribution in [0.1, 0.15) is 58.3 Å². The van der Waals surface area contributed by atoms with E-state index in [-0.39, 0.29) is 0 Å². The summed E-state index contributed by atoms with van der Waals surface area (Å²) >= 11 is 0. The standard InChI is InChI=1S/C15H27N/c1-11(13-4-2-3-5-13)16-10-15-9-12-6-7-14(15)8-12/h11-16H,2-10H2,1H3. The highest BCUT2D eigenvalue weighted by Crippen LogP contribution is 2.48. The minimum Gasteiger partial charge on any atom is -0.314 e. The lowest BCUT2D eigenvalue weighted by Gasteiger charge is -2.26. The lowest BCUT2D eigenvalue weighted by molar-refractivity contribution is 0.285. The van der Waals surface area contributed by atoms with Crippen LogP contribution < -0.4 is 5.32 Å². The van der Waals surface area contributed by atoms with Crippen LogP contribution in [0.15, 0.2) is 0 Å². The molecule has 4 atom stereocenters. The Bertz CT molecular complexity index is 232. The van der Waals surface area contributed by atoms with Crippen molar-refractivity contribution < 1.29 is 0 Å². The van der Waals surface area contributed by atoms with Gasteiger partial charge >= 0.3 is 0 Å². The molecule has 3 rings (SSSR count). The zero-order chi connectivity index (χ0) is 11.0. The maximum atomic E-state index is 3.85. The molecule has 3 aliphatic rings. The number of fused-ring (bicyclic) bond motifs is 2. The Kier molecular flexibility index (Phi) is 3.24. The second-order valence-electron chi connectivity index (χ2n) is 6.68. The van der Waals surface area contributed by atoms with Crippen LogP contribution in [0.4, 0.5) is 0 Å². The first-order valence-electron chi connectivity index (χ1n) is 7.56. The third kappa shape index (κ3) is 2.16. The number of nitrogens with one attached hydrogen (secondary N) is 1. The molecule has 3 aliphatic carbocycles. The average molecular weight is 221 g/mol. The lowest BCUT2D eigenvalue weighted by Crippen LogP contribution is -2.37. The molecule has 3 saturated carbocycles. The van der Waals surface area contributed by atoms with Crippen LogP contribution >= 0.6 is 0 Å². The summed E-state index contributed by atoms with van der Waals surface area (Å²) in [6.45, 7) is 3.74. The van der Waals surface area contributed by atoms with E-state index in [0.29, 0.717) is 0 Å². The Hall–Kier alpha value is -0.0400. The van der Waals surface area contributed by atoms with Crippen LogP contribution in [0.3, 0.4) is 0 Å². The molecule has 0 amide bonds. The molecule has 16 heavy (non-hydrogen) atoms. The predicted octanol–water partition coefficient (Wildman–Crippen LogP) is 3.59. The molecule has 1 nitrogen and oxygen atoms in total. The van der Waals surface area contributed by atoms with Gasteiger partial charge in [0.05, 0.1) is 0 Å². The molecule has 0 aliphatic heterocycles. The van der Waals surface area contributed by atoms with Gasteiger partial charge in [0.15, 0.2) is 0 Å². The normalized spacial score (nSPS) is 40.7. The molecule has 0 spiro atoms. The quantitative estimate of drug-likeness (QED) is 0.765. The van der Waals surface area contributed by atoms with Crippen molar-refractivity contribution in [1.29, 1.82) is 0 Å². The molecule has 2 bridgehead atoms. The summed E-state index contributed by atoms with van der Waals surface area (Å²) in [6, 6.07) is 0.779. The van der Waals surface area contributed by atoms with Gasteiger partial charge in [0.1, 0.15) is 0 Å². The first-order chi connectivity index (χ1) is 7.83. The van der Waals surface area contributed by atoms with Crippen molar-refractivity contribution in [2.75, 3.05) is 6.54 Å². The van der Waals surface area contributed by atoms with Gasteiger partial charge < -0.3 is 5.32 Å². The molecule has 0 heterocycles. The first-order valence-corrected chi connectivity index (χ1v) is 7.56. The second-order valence-corrected chi connectivity index (χ2v) is 6.68. The Morgan fingerprint density at radius 1 is 1.06 bits per heavy atom. The predicted molar refractivity (Wildman–Crippen MR) is 68.4 cm³/mol. The fourth-order valence-electron chi connectivity index (χ4n) is 4.59. The maximum absolute atomic E-state index is 3.85. The molecular weight excluding hydrogens is 194 g/mol. The maximum Gasteiger partial charge on any atom is 0.00671 e. The second kappa shape index (κ2) is 4.68. The molecule has 0 radical (unpaired) electrons. The van der Waals surface area contributed by atoms with E-state index in [1.807, 2.05) is 0 Å². The summed E-state index contributed by atoms with van der Waals surface area (Å²) in [5.74, 6) is 4.22. The minimum atomic E-state index is 0.779. The molecule has 1 N–H and O–H groups in total. The summed E-state index contributed by atoms with van der Waals surface area (Å²) < 4.78 is 0. The van der Waals surface area contributed by atoms with Gasteiger partial charge in [0.25, 0.3) is 0 Å². The van der Waals surface area contributed by atoms with Crippen LogP contribution in [-0.2, 0) is 0 Å². The van der Waals surface area contributed by atoms with Crippen molar-refractivity contribution in [1.82, 2.24) is 5.32 Å². The van der Waals surface area contributed by atoms with E-state index in [9.17, 15) is 0 Å². The van der Waals surface area contributed by atoms with Crippen LogP contribution in [0.25, 0.3) is 0 Å². The topological polar surface area (TPSA) is 12.0 Å². The van der Waals surface area contributed by atoms with Gasteiger partial charge in [-0.25, -0.2) is 0 Å². The van der Waals surface area contributed by atoms with Crippen molar-refractivity contribution in [3.05, 3.63) is 0 Å². The van der Waals surface area contributed by atoms with Gasteiger partial charge in [-0.05, 0) is 69.2 Å². The summed E-state index contributed by atoms with van der Waals surface area (Å²) in [7, 11) is 0. The summed E-state index contributed by atoms with van der Waals surface area (Å²) in [5, 5.41) is 3.85. The molecule has 4 unspecified atom stereocenters. The Balaban J connectivity index is 1.42. The van der Waals surface area contributed by atoms with Crippen molar-refractivity contribution >= 4 is 0 Å². The molecule has 3 fully saturated rings. The highest BCUT2D eigenvalue weighted by atomic mass is 14.9. The first kappa shape index (κ1) is 11.1. The molecule has 0 aromatic carbocycles. The van der Waals surface area contributed by atoms with Crippen LogP contribution in [0, 0.1) is 23.7 Å². The highest BCUT2D eigenvalue weighted by molar-refractivity contribution is 4.91. The number of hydrogen-bond acceptors (Lipinski definition) is 1. The molecule has 0 aromatic heterocycles. The SMILES string of the molecule is CC(NCC1CC2CCC1C2)C1CCCC1. The van der Waals surface area contributed by atoms with E-state index in [1.165, 1.54) is 45.1 Å². The van der Waals surface area contributed by atoms with Crippen molar-refractivity contribution in [2.24, 2.45) is 23.7 Å². The molecular formula is C15H27N. The van der Waals surface area contributed by atoms with E-state index in [1.54, 1.807) is 12.8 Å². The smallest absolute Gasteiger partial charge is 0.00671 e. The van der Waals surface area contributed by atoms with Crippen molar-refractivity contribution in [3.63, 3.8) is 0 Å². The number of rotatable bonds is 4. The van der Waals surface area contributed by atoms with E-state index in [4.69, 9.17) is 0 Å². The number of hydrogen-bond donors (Lipinski definition) is 1. The zero-order valence-corrected chi connectivity index (χ0v) is 10.8. The third-order valence-corrected chi connectivity index (χ3v) is 5.69. The van der Waals surface area contributed by atoms with E-state index < -0.39 is 0 Å². The van der Waals surface area contributed by atoms with Crippen LogP contribution in [-0.4, -0.2) is 12.6 Å². The van der Waals surface area contributed by atoms with Gasteiger partial charge in [0, 0.05) is 6.04 Å². The molecule has 0 saturated heterocycles. The van der Waals surface area contributed by atoms with Gasteiger partial charge in [-0.3, -0.25) is 0 Å². The Morgan fingerprint density at radius 3 is 2.50 bits per heavy atom. The fraction of sp³-hybridized carbons (Fsp3) is 1.00. The molecule has 92 valence electrons. The lowest BCUT2D eigenvalue weighted by atomic mass is 9.88. The van der Waals surface area contributed by atoms with Crippen LogP contribution in [0.2, 0.25) is 0 Å². The fourth-order valence-corrected chi connectivity index (χ4v) is 4.59. The van der Waals surface area contributed by atoms with Crippen molar-refractivity contribution in [2.45, 2.75) is 64.3 Å². The zero-order valence-electron chi connectivity index (χ0n) is 10.8. The highest BCUT2D eigenvalue weighted by Gasteiger charge is 2.39. The van der Waals surface area contributed by atoms with Gasteiger partial charge in [-0.2, -0.15) is 0 Å². The van der Waals surface area contributed by atoms with E-state index in [0.717, 1.165) is 29.7 Å². The average Bonchev–Trinajstić information content (AvgIpc) is 3.01.